The number of carbonyl (C=O) groups is 1. The Morgan fingerprint density at radius 2 is 2.22 bits per heavy atom. The molecule has 1 fully saturated rings. The van der Waals surface area contributed by atoms with E-state index in [1.54, 1.807) is 34.0 Å². The van der Waals surface area contributed by atoms with Gasteiger partial charge in [-0.25, -0.2) is 14.8 Å². The van der Waals surface area contributed by atoms with E-state index in [0.717, 1.165) is 5.69 Å². The molecule has 2 aromatic rings. The number of nitrogens with zero attached hydrogens (tertiary/aromatic N) is 4. The van der Waals surface area contributed by atoms with Crippen LogP contribution in [0.5, 0.6) is 0 Å². The van der Waals surface area contributed by atoms with Gasteiger partial charge in [0.1, 0.15) is 12.4 Å². The summed E-state index contributed by atoms with van der Waals surface area (Å²) in [4.78, 5) is 26.6. The van der Waals surface area contributed by atoms with E-state index < -0.39 is 0 Å². The Balaban J connectivity index is 1.81. The largest absolute Gasteiger partial charge is 0.447 e. The van der Waals surface area contributed by atoms with E-state index in [4.69, 9.17) is 4.74 Å². The van der Waals surface area contributed by atoms with Crippen molar-refractivity contribution in [2.75, 3.05) is 16.8 Å². The second-order valence-corrected chi connectivity index (χ2v) is 6.49. The van der Waals surface area contributed by atoms with Crippen LogP contribution in [0.25, 0.3) is 0 Å². The lowest BCUT2D eigenvalue weighted by atomic mass is 10.0. The topological polar surface area (TPSA) is 80.2 Å². The van der Waals surface area contributed by atoms with Gasteiger partial charge < -0.3 is 10.1 Å². The lowest BCUT2D eigenvalue weighted by Gasteiger charge is -2.23. The van der Waals surface area contributed by atoms with Crippen molar-refractivity contribution in [2.45, 2.75) is 32.9 Å². The van der Waals surface area contributed by atoms with Gasteiger partial charge in [0.15, 0.2) is 0 Å². The van der Waals surface area contributed by atoms with Crippen molar-refractivity contribution in [1.29, 1.82) is 0 Å². The Labute approximate surface area is 138 Å². The molecule has 0 aliphatic carbocycles. The number of thiazole rings is 1. The van der Waals surface area contributed by atoms with E-state index in [9.17, 15) is 4.79 Å². The normalized spacial score (nSPS) is 19.0. The second-order valence-electron chi connectivity index (χ2n) is 5.78. The lowest BCUT2D eigenvalue weighted by molar-refractivity contribution is 0.177. The highest BCUT2D eigenvalue weighted by molar-refractivity contribution is 7.07. The molecule has 1 aliphatic heterocycles. The number of hydrogen-bond acceptors (Lipinski definition) is 7. The van der Waals surface area contributed by atoms with Crippen LogP contribution in [0.4, 0.5) is 16.6 Å². The summed E-state index contributed by atoms with van der Waals surface area (Å²) in [7, 11) is 0. The SMILES string of the molecule is CC(C)C1COC(=O)N1c1ccnc(N[C@H](C)c2cscn2)n1. The average Bonchev–Trinajstić information content (AvgIpc) is 3.16. The second kappa shape index (κ2) is 6.49. The third-order valence-electron chi connectivity index (χ3n) is 3.80. The maximum atomic E-state index is 12.0. The quantitative estimate of drug-likeness (QED) is 0.905. The molecular weight excluding hydrogens is 314 g/mol. The van der Waals surface area contributed by atoms with Crippen LogP contribution in [0.15, 0.2) is 23.2 Å². The van der Waals surface area contributed by atoms with Gasteiger partial charge in [-0.3, -0.25) is 4.90 Å². The Hall–Kier alpha value is -2.22. The molecule has 1 amide bonds. The van der Waals surface area contributed by atoms with Crippen molar-refractivity contribution in [3.63, 3.8) is 0 Å². The fourth-order valence-corrected chi connectivity index (χ4v) is 3.09. The van der Waals surface area contributed by atoms with Crippen molar-refractivity contribution < 1.29 is 9.53 Å². The Morgan fingerprint density at radius 3 is 2.91 bits per heavy atom. The molecular formula is C15H19N5O2S. The Kier molecular flexibility index (Phi) is 4.42. The number of cyclic esters (lactones) is 1. The fourth-order valence-electron chi connectivity index (χ4n) is 2.45. The third-order valence-corrected chi connectivity index (χ3v) is 4.41. The molecule has 0 saturated carbocycles. The minimum absolute atomic E-state index is 0.0112. The number of rotatable bonds is 5. The summed E-state index contributed by atoms with van der Waals surface area (Å²) >= 11 is 1.54. The zero-order chi connectivity index (χ0) is 16.4. The van der Waals surface area contributed by atoms with Gasteiger partial charge in [0, 0.05) is 11.6 Å². The van der Waals surface area contributed by atoms with E-state index in [0.29, 0.717) is 18.4 Å². The van der Waals surface area contributed by atoms with Crippen LogP contribution in [0, 0.1) is 5.92 Å². The summed E-state index contributed by atoms with van der Waals surface area (Å²) in [5.74, 6) is 1.29. The highest BCUT2D eigenvalue weighted by atomic mass is 32.1. The van der Waals surface area contributed by atoms with E-state index in [1.165, 1.54) is 0 Å². The van der Waals surface area contributed by atoms with Gasteiger partial charge in [0.2, 0.25) is 5.95 Å². The molecule has 23 heavy (non-hydrogen) atoms. The molecule has 8 heteroatoms. The molecule has 3 rings (SSSR count). The van der Waals surface area contributed by atoms with Gasteiger partial charge in [0.25, 0.3) is 0 Å². The van der Waals surface area contributed by atoms with E-state index in [2.05, 4.69) is 34.1 Å². The predicted molar refractivity (Wildman–Crippen MR) is 88.6 cm³/mol. The van der Waals surface area contributed by atoms with Gasteiger partial charge in [-0.05, 0) is 18.9 Å². The van der Waals surface area contributed by atoms with Crippen LogP contribution in [0.1, 0.15) is 32.5 Å². The van der Waals surface area contributed by atoms with E-state index in [1.807, 2.05) is 12.3 Å². The molecule has 3 heterocycles. The zero-order valence-corrected chi connectivity index (χ0v) is 14.1. The molecule has 1 N–H and O–H groups in total. The Morgan fingerprint density at radius 1 is 1.39 bits per heavy atom. The lowest BCUT2D eigenvalue weighted by Crippen LogP contribution is -2.37. The minimum atomic E-state index is -0.360. The van der Waals surface area contributed by atoms with Gasteiger partial charge in [-0.1, -0.05) is 13.8 Å². The van der Waals surface area contributed by atoms with Gasteiger partial charge in [0.05, 0.1) is 23.3 Å². The monoisotopic (exact) mass is 333 g/mol. The first-order chi connectivity index (χ1) is 11.1. The first-order valence-electron chi connectivity index (χ1n) is 7.50. The number of anilines is 2. The predicted octanol–water partition coefficient (Wildman–Crippen LogP) is 3.09. The summed E-state index contributed by atoms with van der Waals surface area (Å²) in [6.07, 6.45) is 1.28. The molecule has 0 aromatic carbocycles. The first kappa shape index (κ1) is 15.7. The summed E-state index contributed by atoms with van der Waals surface area (Å²) < 4.78 is 5.17. The molecule has 1 aliphatic rings. The first-order valence-corrected chi connectivity index (χ1v) is 8.44. The van der Waals surface area contributed by atoms with Gasteiger partial charge in [-0.15, -0.1) is 11.3 Å². The third kappa shape index (κ3) is 3.26. The fraction of sp³-hybridized carbons (Fsp3) is 0.467. The molecule has 1 unspecified atom stereocenters. The summed E-state index contributed by atoms with van der Waals surface area (Å²) in [5.41, 5.74) is 2.72. The van der Waals surface area contributed by atoms with Crippen molar-refractivity contribution in [2.24, 2.45) is 5.92 Å². The smallest absolute Gasteiger partial charge is 0.415 e. The van der Waals surface area contributed by atoms with Gasteiger partial charge >= 0.3 is 6.09 Å². The summed E-state index contributed by atoms with van der Waals surface area (Å²) in [6.45, 7) is 6.50. The molecule has 1 saturated heterocycles. The maximum absolute atomic E-state index is 12.0. The number of amides is 1. The van der Waals surface area contributed by atoms with Crippen LogP contribution in [-0.4, -0.2) is 33.7 Å². The van der Waals surface area contributed by atoms with Crippen LogP contribution in [-0.2, 0) is 4.74 Å². The maximum Gasteiger partial charge on any atom is 0.415 e. The molecule has 0 spiro atoms. The highest BCUT2D eigenvalue weighted by Crippen LogP contribution is 2.26. The van der Waals surface area contributed by atoms with Crippen LogP contribution in [0.2, 0.25) is 0 Å². The molecule has 0 bridgehead atoms. The molecule has 0 radical (unpaired) electrons. The number of carbonyl (C=O) groups excluding carboxylic acids is 1. The van der Waals surface area contributed by atoms with Gasteiger partial charge in [-0.2, -0.15) is 4.98 Å². The Bertz CT molecular complexity index is 676. The van der Waals surface area contributed by atoms with Crippen molar-refractivity contribution in [3.8, 4) is 0 Å². The number of ether oxygens (including phenoxy) is 1. The van der Waals surface area contributed by atoms with Crippen LogP contribution >= 0.6 is 11.3 Å². The standard InChI is InChI=1S/C15H19N5O2S/c1-9(2)12-6-22-15(21)20(12)13-4-5-16-14(19-13)18-10(3)11-7-23-8-17-11/h4-5,7-10,12H,6H2,1-3H3,(H,16,18,19)/t10-,12?/m1/s1. The molecule has 2 atom stereocenters. The number of hydrogen-bond donors (Lipinski definition) is 1. The summed E-state index contributed by atoms with van der Waals surface area (Å²) in [6, 6.07) is 1.70. The van der Waals surface area contributed by atoms with E-state index in [-0.39, 0.29) is 24.1 Å². The van der Waals surface area contributed by atoms with Crippen molar-refractivity contribution in [1.82, 2.24) is 15.0 Å². The molecule has 2 aromatic heterocycles. The average molecular weight is 333 g/mol. The number of nitrogens with one attached hydrogen (secondary N) is 1. The van der Waals surface area contributed by atoms with Crippen LogP contribution < -0.4 is 10.2 Å². The minimum Gasteiger partial charge on any atom is -0.447 e. The highest BCUT2D eigenvalue weighted by Gasteiger charge is 2.37. The van der Waals surface area contributed by atoms with Crippen LogP contribution in [0.3, 0.4) is 0 Å². The van der Waals surface area contributed by atoms with Crippen molar-refractivity contribution >= 4 is 29.2 Å². The summed E-state index contributed by atoms with van der Waals surface area (Å²) in [5, 5.41) is 5.19. The number of aromatic nitrogens is 3. The zero-order valence-electron chi connectivity index (χ0n) is 13.3. The molecule has 122 valence electrons. The van der Waals surface area contributed by atoms with E-state index >= 15 is 0 Å². The molecule has 7 nitrogen and oxygen atoms in total. The van der Waals surface area contributed by atoms with Crippen molar-refractivity contribution in [3.05, 3.63) is 28.8 Å².